The molecule has 96 valence electrons. The van der Waals surface area contributed by atoms with Gasteiger partial charge in [-0.05, 0) is 12.8 Å². The van der Waals surface area contributed by atoms with E-state index in [1.807, 2.05) is 0 Å². The molecule has 0 spiro atoms. The second-order valence-corrected chi connectivity index (χ2v) is 4.77. The Morgan fingerprint density at radius 2 is 2.24 bits per heavy atom. The molecular formula is C8H10F3N3O2S. The van der Waals surface area contributed by atoms with Crippen molar-refractivity contribution in [2.75, 3.05) is 5.75 Å². The van der Waals surface area contributed by atoms with Crippen molar-refractivity contribution in [2.45, 2.75) is 36.3 Å². The monoisotopic (exact) mass is 269 g/mol. The summed E-state index contributed by atoms with van der Waals surface area (Å²) >= 11 is 0.722. The first-order valence-electron chi connectivity index (χ1n) is 4.94. The number of thioether (sulfide) groups is 1. The Kier molecular flexibility index (Phi) is 3.21. The maximum Gasteiger partial charge on any atom is 0.415 e. The third-order valence-electron chi connectivity index (χ3n) is 2.33. The van der Waals surface area contributed by atoms with Crippen LogP contribution in [0, 0.1) is 0 Å². The van der Waals surface area contributed by atoms with Crippen LogP contribution in [0.2, 0.25) is 0 Å². The molecular weight excluding hydrogens is 259 g/mol. The highest BCUT2D eigenvalue weighted by molar-refractivity contribution is 7.99. The van der Waals surface area contributed by atoms with Gasteiger partial charge >= 0.3 is 11.9 Å². The molecule has 17 heavy (non-hydrogen) atoms. The lowest BCUT2D eigenvalue weighted by molar-refractivity contribution is -0.195. The van der Waals surface area contributed by atoms with E-state index >= 15 is 0 Å². The van der Waals surface area contributed by atoms with Gasteiger partial charge in [-0.25, -0.2) is 9.89 Å². The SMILES string of the molecule is O=c1[nH]nc(SCC(O)C(F)(F)F)n1C1CC1. The van der Waals surface area contributed by atoms with Crippen molar-refractivity contribution in [2.24, 2.45) is 0 Å². The van der Waals surface area contributed by atoms with Gasteiger partial charge in [-0.1, -0.05) is 11.8 Å². The number of H-pyrrole nitrogens is 1. The fourth-order valence-corrected chi connectivity index (χ4v) is 2.27. The zero-order valence-corrected chi connectivity index (χ0v) is 9.38. The topological polar surface area (TPSA) is 70.9 Å². The molecule has 0 aromatic carbocycles. The van der Waals surface area contributed by atoms with Crippen molar-refractivity contribution in [1.82, 2.24) is 14.8 Å². The third kappa shape index (κ3) is 2.83. The predicted octanol–water partition coefficient (Wildman–Crippen LogP) is 0.922. The Balaban J connectivity index is 2.02. The van der Waals surface area contributed by atoms with Crippen LogP contribution in [0.25, 0.3) is 0 Å². The maximum absolute atomic E-state index is 12.1. The van der Waals surface area contributed by atoms with Crippen LogP contribution in [0.15, 0.2) is 9.95 Å². The van der Waals surface area contributed by atoms with E-state index in [1.54, 1.807) is 0 Å². The van der Waals surface area contributed by atoms with Crippen LogP contribution in [0.3, 0.4) is 0 Å². The molecule has 1 heterocycles. The molecule has 1 atom stereocenters. The van der Waals surface area contributed by atoms with Crippen molar-refractivity contribution in [3.05, 3.63) is 10.5 Å². The number of nitrogens with zero attached hydrogens (tertiary/aromatic N) is 2. The molecule has 0 bridgehead atoms. The summed E-state index contributed by atoms with van der Waals surface area (Å²) in [6.45, 7) is 0. The van der Waals surface area contributed by atoms with Crippen molar-refractivity contribution in [3.8, 4) is 0 Å². The second kappa shape index (κ2) is 4.37. The summed E-state index contributed by atoms with van der Waals surface area (Å²) < 4.78 is 37.5. The summed E-state index contributed by atoms with van der Waals surface area (Å²) in [6, 6.07) is 0.0341. The highest BCUT2D eigenvalue weighted by Gasteiger charge is 2.38. The number of hydrogen-bond donors (Lipinski definition) is 2. The van der Waals surface area contributed by atoms with Gasteiger partial charge in [-0.3, -0.25) is 4.57 Å². The van der Waals surface area contributed by atoms with Crippen molar-refractivity contribution in [1.29, 1.82) is 0 Å². The lowest BCUT2D eigenvalue weighted by Crippen LogP contribution is -2.30. The van der Waals surface area contributed by atoms with Crippen LogP contribution in [-0.4, -0.2) is 37.9 Å². The minimum absolute atomic E-state index is 0.0341. The summed E-state index contributed by atoms with van der Waals surface area (Å²) in [5, 5.41) is 14.9. The van der Waals surface area contributed by atoms with Crippen LogP contribution < -0.4 is 5.69 Å². The van der Waals surface area contributed by atoms with Crippen LogP contribution in [0.1, 0.15) is 18.9 Å². The highest BCUT2D eigenvalue weighted by atomic mass is 32.2. The summed E-state index contributed by atoms with van der Waals surface area (Å²) in [6.07, 6.45) is -5.40. The molecule has 1 fully saturated rings. The van der Waals surface area contributed by atoms with E-state index in [4.69, 9.17) is 5.11 Å². The smallest absolute Gasteiger partial charge is 0.383 e. The molecule has 1 aliphatic carbocycles. The van der Waals surface area contributed by atoms with E-state index in [-0.39, 0.29) is 11.2 Å². The lowest BCUT2D eigenvalue weighted by atomic mass is 10.4. The Hall–Kier alpha value is -0.960. The number of halogens is 3. The van der Waals surface area contributed by atoms with E-state index in [0.29, 0.717) is 0 Å². The molecule has 0 saturated heterocycles. The van der Waals surface area contributed by atoms with Crippen LogP contribution in [-0.2, 0) is 0 Å². The molecule has 9 heteroatoms. The maximum atomic E-state index is 12.1. The second-order valence-electron chi connectivity index (χ2n) is 3.78. The summed E-state index contributed by atoms with van der Waals surface area (Å²) in [4.78, 5) is 11.3. The Bertz CT molecular complexity index is 452. The number of nitrogens with one attached hydrogen (secondary N) is 1. The number of aliphatic hydroxyl groups excluding tert-OH is 1. The Morgan fingerprint density at radius 1 is 1.59 bits per heavy atom. The molecule has 1 aromatic rings. The zero-order valence-electron chi connectivity index (χ0n) is 8.57. The average Bonchev–Trinajstić information content (AvgIpc) is 2.99. The Labute approximate surface area is 98.0 Å². The van der Waals surface area contributed by atoms with Gasteiger partial charge in [0, 0.05) is 11.8 Å². The highest BCUT2D eigenvalue weighted by Crippen LogP contribution is 2.36. The fraction of sp³-hybridized carbons (Fsp3) is 0.750. The van der Waals surface area contributed by atoms with E-state index in [2.05, 4.69) is 10.2 Å². The fourth-order valence-electron chi connectivity index (χ4n) is 1.29. The van der Waals surface area contributed by atoms with E-state index in [0.717, 1.165) is 24.6 Å². The van der Waals surface area contributed by atoms with Gasteiger partial charge in [0.1, 0.15) is 0 Å². The van der Waals surface area contributed by atoms with Crippen molar-refractivity contribution >= 4 is 11.8 Å². The number of hydrogen-bond acceptors (Lipinski definition) is 4. The zero-order chi connectivity index (χ0) is 12.6. The van der Waals surface area contributed by atoms with Crippen LogP contribution in [0.4, 0.5) is 13.2 Å². The normalized spacial score (nSPS) is 18.4. The summed E-state index contributed by atoms with van der Waals surface area (Å²) in [5.74, 6) is -0.569. The van der Waals surface area contributed by atoms with Gasteiger partial charge in [-0.15, -0.1) is 5.10 Å². The molecule has 0 radical (unpaired) electrons. The average molecular weight is 269 g/mol. The minimum Gasteiger partial charge on any atom is -0.383 e. The molecule has 1 aromatic heterocycles. The standard InChI is InChI=1S/C8H10F3N3O2S/c9-8(10,11)5(15)3-17-7-13-12-6(16)14(7)4-1-2-4/h4-5,15H,1-3H2,(H,12,16). The summed E-state index contributed by atoms with van der Waals surface area (Å²) in [7, 11) is 0. The minimum atomic E-state index is -4.64. The predicted molar refractivity (Wildman–Crippen MR) is 53.9 cm³/mol. The van der Waals surface area contributed by atoms with Gasteiger partial charge in [0.2, 0.25) is 0 Å². The number of aromatic amines is 1. The van der Waals surface area contributed by atoms with Gasteiger partial charge in [0.15, 0.2) is 11.3 Å². The molecule has 0 aliphatic heterocycles. The first kappa shape index (κ1) is 12.5. The number of aliphatic hydroxyl groups is 1. The first-order valence-corrected chi connectivity index (χ1v) is 5.92. The lowest BCUT2D eigenvalue weighted by Gasteiger charge is -2.13. The molecule has 0 amide bonds. The van der Waals surface area contributed by atoms with E-state index in [1.165, 1.54) is 4.57 Å². The van der Waals surface area contributed by atoms with Crippen LogP contribution >= 0.6 is 11.8 Å². The Morgan fingerprint density at radius 3 is 2.76 bits per heavy atom. The number of alkyl halides is 3. The van der Waals surface area contributed by atoms with E-state index < -0.39 is 23.7 Å². The largest absolute Gasteiger partial charge is 0.415 e. The third-order valence-corrected chi connectivity index (χ3v) is 3.36. The number of rotatable bonds is 4. The van der Waals surface area contributed by atoms with Gasteiger partial charge in [0.05, 0.1) is 0 Å². The molecule has 1 saturated carbocycles. The van der Waals surface area contributed by atoms with E-state index in [9.17, 15) is 18.0 Å². The molecule has 1 aliphatic rings. The molecule has 1 unspecified atom stereocenters. The molecule has 5 nitrogen and oxygen atoms in total. The van der Waals surface area contributed by atoms with Gasteiger partial charge in [0.25, 0.3) is 0 Å². The van der Waals surface area contributed by atoms with Crippen molar-refractivity contribution in [3.63, 3.8) is 0 Å². The quantitative estimate of drug-likeness (QED) is 0.797. The van der Waals surface area contributed by atoms with Crippen molar-refractivity contribution < 1.29 is 18.3 Å². The van der Waals surface area contributed by atoms with Crippen LogP contribution in [0.5, 0.6) is 0 Å². The summed E-state index contributed by atoms with van der Waals surface area (Å²) in [5.41, 5.74) is -0.420. The first-order chi connectivity index (χ1) is 7.89. The van der Waals surface area contributed by atoms with Gasteiger partial charge < -0.3 is 5.11 Å². The number of aromatic nitrogens is 3. The van der Waals surface area contributed by atoms with Gasteiger partial charge in [-0.2, -0.15) is 13.2 Å². The molecule has 2 rings (SSSR count). The molecule has 2 N–H and O–H groups in total.